The molecule has 0 unspecified atom stereocenters. The van der Waals surface area contributed by atoms with Gasteiger partial charge in [-0.2, -0.15) is 5.26 Å². The molecule has 8 heteroatoms. The number of benzene rings is 2. The maximum absolute atomic E-state index is 13.6. The van der Waals surface area contributed by atoms with E-state index in [9.17, 15) is 9.59 Å². The van der Waals surface area contributed by atoms with Crippen LogP contribution in [0.1, 0.15) is 36.8 Å². The van der Waals surface area contributed by atoms with Crippen molar-refractivity contribution in [2.75, 3.05) is 4.90 Å². The lowest BCUT2D eigenvalue weighted by Gasteiger charge is -2.36. The van der Waals surface area contributed by atoms with E-state index < -0.39 is 0 Å². The molecular weight excluding hydrogens is 500 g/mol. The second kappa shape index (κ2) is 12.7. The highest BCUT2D eigenvalue weighted by Gasteiger charge is 2.29. The molecule has 2 amide bonds. The lowest BCUT2D eigenvalue weighted by atomic mass is 9.86. The molecular formula is C32H30N6O2. The third-order valence-corrected chi connectivity index (χ3v) is 7.14. The van der Waals surface area contributed by atoms with E-state index in [0.717, 1.165) is 42.6 Å². The number of pyridine rings is 2. The summed E-state index contributed by atoms with van der Waals surface area (Å²) in [7, 11) is 0. The summed E-state index contributed by atoms with van der Waals surface area (Å²) in [5, 5.41) is 12.0. The van der Waals surface area contributed by atoms with Gasteiger partial charge in [-0.05, 0) is 79.6 Å². The Morgan fingerprint density at radius 3 is 2.42 bits per heavy atom. The number of anilines is 1. The molecule has 0 atom stereocenters. The molecule has 200 valence electrons. The number of carbonyl (C=O) groups is 1. The van der Waals surface area contributed by atoms with Crippen LogP contribution in [0.3, 0.4) is 0 Å². The summed E-state index contributed by atoms with van der Waals surface area (Å²) in [5.41, 5.74) is 2.97. The average molecular weight is 531 g/mol. The third kappa shape index (κ3) is 6.51. The second-order valence-electron chi connectivity index (χ2n) is 9.80. The van der Waals surface area contributed by atoms with Crippen LogP contribution in [0.2, 0.25) is 0 Å². The number of amides is 2. The van der Waals surface area contributed by atoms with Crippen LogP contribution in [-0.2, 0) is 6.54 Å². The number of aliphatic imine (C=N–C) groups is 1. The van der Waals surface area contributed by atoms with Crippen molar-refractivity contribution in [2.24, 2.45) is 10.9 Å². The molecule has 0 bridgehead atoms. The number of carbonyl (C=O) groups excluding carboxylic acids is 1. The smallest absolute Gasteiger partial charge is 0.322 e. The quantitative estimate of drug-likeness (QED) is 0.306. The Balaban J connectivity index is 1.31. The van der Waals surface area contributed by atoms with Gasteiger partial charge in [0.1, 0.15) is 6.07 Å². The lowest BCUT2D eigenvalue weighted by molar-refractivity contribution is 0.240. The van der Waals surface area contributed by atoms with E-state index in [4.69, 9.17) is 5.26 Å². The Labute approximate surface area is 233 Å². The molecule has 4 aromatic rings. The normalized spacial score (nSPS) is 16.8. The molecule has 2 aromatic carbocycles. The van der Waals surface area contributed by atoms with Gasteiger partial charge in [0.25, 0.3) is 5.56 Å². The second-order valence-corrected chi connectivity index (χ2v) is 9.80. The van der Waals surface area contributed by atoms with E-state index in [-0.39, 0.29) is 23.6 Å². The van der Waals surface area contributed by atoms with Gasteiger partial charge in [-0.1, -0.05) is 36.4 Å². The zero-order valence-electron chi connectivity index (χ0n) is 22.1. The molecule has 0 radical (unpaired) electrons. The van der Waals surface area contributed by atoms with Crippen LogP contribution in [0.15, 0.2) is 107 Å². The molecule has 1 N–H and O–H groups in total. The Kier molecular flexibility index (Phi) is 8.42. The summed E-state index contributed by atoms with van der Waals surface area (Å²) in [4.78, 5) is 36.4. The Bertz CT molecular complexity index is 1550. The summed E-state index contributed by atoms with van der Waals surface area (Å²) in [6.07, 6.45) is 8.64. The van der Waals surface area contributed by atoms with Crippen molar-refractivity contribution in [2.45, 2.75) is 38.3 Å². The average Bonchev–Trinajstić information content (AvgIpc) is 3.01. The van der Waals surface area contributed by atoms with Crippen LogP contribution in [0.25, 0.3) is 5.69 Å². The van der Waals surface area contributed by atoms with Crippen LogP contribution in [-0.4, -0.2) is 27.8 Å². The van der Waals surface area contributed by atoms with Gasteiger partial charge in [-0.25, -0.2) is 14.8 Å². The van der Waals surface area contributed by atoms with Crippen molar-refractivity contribution < 1.29 is 4.79 Å². The topological polar surface area (TPSA) is 103 Å². The van der Waals surface area contributed by atoms with E-state index >= 15 is 0 Å². The van der Waals surface area contributed by atoms with Crippen molar-refractivity contribution in [1.29, 1.82) is 5.26 Å². The molecule has 0 aliphatic heterocycles. The van der Waals surface area contributed by atoms with Crippen molar-refractivity contribution in [3.63, 3.8) is 0 Å². The summed E-state index contributed by atoms with van der Waals surface area (Å²) in [5.74, 6) is 0.871. The Morgan fingerprint density at radius 2 is 1.75 bits per heavy atom. The van der Waals surface area contributed by atoms with Crippen LogP contribution in [0.5, 0.6) is 0 Å². The number of rotatable bonds is 7. The lowest BCUT2D eigenvalue weighted by Crippen LogP contribution is -2.47. The molecule has 8 nitrogen and oxygen atoms in total. The van der Waals surface area contributed by atoms with Gasteiger partial charge in [0.15, 0.2) is 5.82 Å². The zero-order valence-corrected chi connectivity index (χ0v) is 22.1. The maximum Gasteiger partial charge on any atom is 0.322 e. The molecule has 5 rings (SSSR count). The summed E-state index contributed by atoms with van der Waals surface area (Å²) >= 11 is 0. The van der Waals surface area contributed by atoms with Crippen molar-refractivity contribution in [3.8, 4) is 11.8 Å². The predicted molar refractivity (Wildman–Crippen MR) is 156 cm³/mol. The first kappa shape index (κ1) is 26.6. The number of hydrogen-bond donors (Lipinski definition) is 1. The van der Waals surface area contributed by atoms with E-state index in [1.54, 1.807) is 29.0 Å². The fraction of sp³-hybridized carbons (Fsp3) is 0.219. The number of nitrogens with zero attached hydrogens (tertiary/aromatic N) is 5. The number of hydrogen-bond acceptors (Lipinski definition) is 5. The first-order chi connectivity index (χ1) is 19.6. The molecule has 1 aliphatic rings. The summed E-state index contributed by atoms with van der Waals surface area (Å²) < 4.78 is 1.58. The van der Waals surface area contributed by atoms with Crippen molar-refractivity contribution >= 4 is 23.8 Å². The van der Waals surface area contributed by atoms with Gasteiger partial charge >= 0.3 is 6.03 Å². The van der Waals surface area contributed by atoms with E-state index in [1.807, 2.05) is 71.8 Å². The zero-order chi connectivity index (χ0) is 27.7. The number of urea groups is 1. The van der Waals surface area contributed by atoms with Crippen LogP contribution < -0.4 is 15.8 Å². The van der Waals surface area contributed by atoms with Crippen LogP contribution in [0, 0.1) is 17.2 Å². The summed E-state index contributed by atoms with van der Waals surface area (Å²) in [6.45, 7) is 0.438. The predicted octanol–water partition coefficient (Wildman–Crippen LogP) is 5.78. The minimum Gasteiger partial charge on any atom is -0.334 e. The van der Waals surface area contributed by atoms with E-state index in [2.05, 4.69) is 21.4 Å². The van der Waals surface area contributed by atoms with Crippen molar-refractivity contribution in [1.82, 2.24) is 14.9 Å². The number of aromatic nitrogens is 2. The highest BCUT2D eigenvalue weighted by Crippen LogP contribution is 2.31. The number of nitrogens with one attached hydrogen (secondary N) is 1. The molecule has 1 fully saturated rings. The fourth-order valence-corrected chi connectivity index (χ4v) is 4.99. The maximum atomic E-state index is 13.6. The van der Waals surface area contributed by atoms with Gasteiger partial charge in [-0.15, -0.1) is 0 Å². The van der Waals surface area contributed by atoms with Crippen LogP contribution >= 0.6 is 0 Å². The highest BCUT2D eigenvalue weighted by molar-refractivity contribution is 5.92. The van der Waals surface area contributed by atoms with Gasteiger partial charge in [-0.3, -0.25) is 14.3 Å². The highest BCUT2D eigenvalue weighted by atomic mass is 16.2. The molecule has 2 heterocycles. The van der Waals surface area contributed by atoms with Gasteiger partial charge < -0.3 is 5.32 Å². The standard InChI is InChI=1S/C32H30N6O2/c33-20-26-11-18-30(35-23-26)34-21-25-9-12-28(13-10-25)38(32(40)36-22-24-6-2-1-3-7-24)29-16-14-27(15-17-29)37-19-5-4-8-31(37)39/h1-8,11,14-19,21,23,25,28H,9-10,12-13,22H2,(H,36,40). The fourth-order valence-electron chi connectivity index (χ4n) is 4.99. The molecule has 1 aliphatic carbocycles. The largest absolute Gasteiger partial charge is 0.334 e. The minimum absolute atomic E-state index is 0.0266. The SMILES string of the molecule is N#Cc1ccc(N=CC2CCC(N(C(=O)NCc3ccccc3)c3ccc(-n4ccccc4=O)cc3)CC2)nc1. The van der Waals surface area contributed by atoms with E-state index in [1.165, 1.54) is 12.3 Å². The van der Waals surface area contributed by atoms with Gasteiger partial charge in [0.05, 0.1) is 5.56 Å². The van der Waals surface area contributed by atoms with Crippen LogP contribution in [0.4, 0.5) is 16.3 Å². The first-order valence-corrected chi connectivity index (χ1v) is 13.4. The molecule has 0 saturated heterocycles. The molecule has 40 heavy (non-hydrogen) atoms. The molecule has 1 saturated carbocycles. The molecule has 2 aromatic heterocycles. The number of nitriles is 1. The van der Waals surface area contributed by atoms with Gasteiger partial charge in [0, 0.05) is 48.6 Å². The Hall–Kier alpha value is -5.03. The van der Waals surface area contributed by atoms with Gasteiger partial charge in [0.2, 0.25) is 0 Å². The summed E-state index contributed by atoms with van der Waals surface area (Å²) in [6, 6.07) is 27.9. The van der Waals surface area contributed by atoms with E-state index in [0.29, 0.717) is 17.9 Å². The monoisotopic (exact) mass is 530 g/mol. The third-order valence-electron chi connectivity index (χ3n) is 7.14. The van der Waals surface area contributed by atoms with Crippen molar-refractivity contribution in [3.05, 3.63) is 119 Å². The Morgan fingerprint density at radius 1 is 1.00 bits per heavy atom. The minimum atomic E-state index is -0.146. The first-order valence-electron chi connectivity index (χ1n) is 13.4. The molecule has 0 spiro atoms.